The molecule has 18 heavy (non-hydrogen) atoms. The molecule has 0 bridgehead atoms. The van der Waals surface area contributed by atoms with Crippen LogP contribution in [0.15, 0.2) is 24.9 Å². The molecule has 0 unspecified atom stereocenters. The van der Waals surface area contributed by atoms with Gasteiger partial charge in [0.1, 0.15) is 5.60 Å². The Labute approximate surface area is 106 Å². The lowest BCUT2D eigenvalue weighted by molar-refractivity contribution is 0.0495. The molecular weight excluding hydrogens is 234 g/mol. The van der Waals surface area contributed by atoms with Crippen molar-refractivity contribution in [3.63, 3.8) is 0 Å². The Morgan fingerprint density at radius 1 is 1.61 bits per heavy atom. The third-order valence-electron chi connectivity index (χ3n) is 2.06. The smallest absolute Gasteiger partial charge is 0.408 e. The van der Waals surface area contributed by atoms with E-state index in [1.807, 2.05) is 0 Å². The second-order valence-electron chi connectivity index (χ2n) is 4.95. The van der Waals surface area contributed by atoms with E-state index in [2.05, 4.69) is 21.9 Å². The predicted molar refractivity (Wildman–Crippen MR) is 65.3 cm³/mol. The third kappa shape index (κ3) is 4.90. The summed E-state index contributed by atoms with van der Waals surface area (Å²) in [5.74, 6) is -0.379. The lowest BCUT2D eigenvalue weighted by atomic mass is 10.1. The number of amides is 1. The van der Waals surface area contributed by atoms with Gasteiger partial charge in [-0.3, -0.25) is 5.11 Å². The van der Waals surface area contributed by atoms with Gasteiger partial charge in [0, 0.05) is 18.3 Å². The van der Waals surface area contributed by atoms with Gasteiger partial charge in [0.15, 0.2) is 5.76 Å². The number of carbonyl (C=O) groups excluding carboxylic acids is 1. The molecule has 1 heterocycles. The normalized spacial score (nSPS) is 12.8. The summed E-state index contributed by atoms with van der Waals surface area (Å²) in [5, 5.41) is 13.8. The molecule has 1 aromatic heterocycles. The van der Waals surface area contributed by atoms with Gasteiger partial charge < -0.3 is 15.0 Å². The summed E-state index contributed by atoms with van der Waals surface area (Å²) in [5.41, 5.74) is 0.139. The largest absolute Gasteiger partial charge is 0.444 e. The summed E-state index contributed by atoms with van der Waals surface area (Å²) in [6, 6.07) is -0.722. The minimum Gasteiger partial charge on any atom is -0.444 e. The number of aromatic amines is 1. The van der Waals surface area contributed by atoms with E-state index in [0.717, 1.165) is 5.69 Å². The molecule has 0 aliphatic rings. The number of hydrogen-bond acceptors (Lipinski definition) is 3. The van der Waals surface area contributed by atoms with Gasteiger partial charge in [-0.05, 0) is 20.8 Å². The molecule has 0 saturated heterocycles. The van der Waals surface area contributed by atoms with Crippen LogP contribution in [0.4, 0.5) is 4.79 Å². The third-order valence-corrected chi connectivity index (χ3v) is 2.06. The van der Waals surface area contributed by atoms with Crippen LogP contribution in [-0.2, 0) is 16.3 Å². The fraction of sp³-hybridized carbons (Fsp3) is 0.500. The van der Waals surface area contributed by atoms with Crippen molar-refractivity contribution in [1.82, 2.24) is 15.3 Å². The molecule has 0 spiro atoms. The number of hydrogen-bond donors (Lipinski definition) is 2. The van der Waals surface area contributed by atoms with Gasteiger partial charge in [0.25, 0.3) is 0 Å². The van der Waals surface area contributed by atoms with E-state index in [1.165, 1.54) is 6.33 Å². The molecule has 1 aromatic rings. The number of alkyl carbamates (subject to hydrolysis) is 1. The van der Waals surface area contributed by atoms with E-state index in [9.17, 15) is 9.90 Å². The Bertz CT molecular complexity index is 407. The number of ether oxygens (including phenoxy) is 1. The fourth-order valence-corrected chi connectivity index (χ4v) is 1.31. The summed E-state index contributed by atoms with van der Waals surface area (Å²) >= 11 is 0. The maximum absolute atomic E-state index is 11.6. The van der Waals surface area contributed by atoms with Gasteiger partial charge in [-0.15, -0.1) is 0 Å². The predicted octanol–water partition coefficient (Wildman–Crippen LogP) is 1.79. The van der Waals surface area contributed by atoms with E-state index < -0.39 is 17.7 Å². The van der Waals surface area contributed by atoms with E-state index in [4.69, 9.17) is 4.74 Å². The number of aromatic nitrogens is 2. The second-order valence-corrected chi connectivity index (χ2v) is 4.95. The average molecular weight is 252 g/mol. The maximum atomic E-state index is 11.6. The van der Waals surface area contributed by atoms with Gasteiger partial charge in [0.2, 0.25) is 0 Å². The van der Waals surface area contributed by atoms with E-state index in [0.29, 0.717) is 6.42 Å². The monoisotopic (exact) mass is 252 g/mol. The van der Waals surface area contributed by atoms with Crippen molar-refractivity contribution in [2.24, 2.45) is 0 Å². The molecule has 0 saturated carbocycles. The molecule has 1 rings (SSSR count). The van der Waals surface area contributed by atoms with E-state index in [-0.39, 0.29) is 5.76 Å². The Balaban J connectivity index is 2.58. The van der Waals surface area contributed by atoms with Gasteiger partial charge >= 0.3 is 6.09 Å². The van der Waals surface area contributed by atoms with E-state index >= 15 is 0 Å². The first kappa shape index (κ1) is 14.1. The van der Waals surface area contributed by atoms with Crippen LogP contribution >= 0.6 is 0 Å². The highest BCUT2D eigenvalue weighted by molar-refractivity contribution is 5.68. The lowest BCUT2D eigenvalue weighted by Crippen LogP contribution is -2.41. The zero-order chi connectivity index (χ0) is 13.8. The van der Waals surface area contributed by atoms with Crippen LogP contribution in [-0.4, -0.2) is 27.7 Å². The van der Waals surface area contributed by atoms with Gasteiger partial charge in [-0.25, -0.2) is 9.78 Å². The van der Waals surface area contributed by atoms with Gasteiger partial charge in [0.05, 0.1) is 12.4 Å². The fourth-order valence-electron chi connectivity index (χ4n) is 1.31. The Hall–Kier alpha value is -1.98. The van der Waals surface area contributed by atoms with Crippen molar-refractivity contribution in [1.29, 1.82) is 0 Å². The van der Waals surface area contributed by atoms with Crippen molar-refractivity contribution >= 4 is 6.09 Å². The molecule has 1 amide bonds. The number of nitrogens with one attached hydrogen (secondary N) is 2. The molecule has 0 aliphatic carbocycles. The van der Waals surface area contributed by atoms with Crippen LogP contribution in [0, 0.1) is 0 Å². The highest BCUT2D eigenvalue weighted by atomic mass is 16.6. The zero-order valence-corrected chi connectivity index (χ0v) is 10.8. The van der Waals surface area contributed by atoms with E-state index in [1.54, 1.807) is 27.0 Å². The van der Waals surface area contributed by atoms with Crippen LogP contribution in [0.5, 0.6) is 0 Å². The van der Waals surface area contributed by atoms with Crippen molar-refractivity contribution in [2.45, 2.75) is 38.8 Å². The number of imidazole rings is 1. The van der Waals surface area contributed by atoms with Crippen LogP contribution < -0.4 is 5.32 Å². The average Bonchev–Trinajstić information content (AvgIpc) is 2.66. The van der Waals surface area contributed by atoms with Crippen LogP contribution in [0.1, 0.15) is 26.5 Å². The Morgan fingerprint density at radius 3 is 2.72 bits per heavy atom. The van der Waals surface area contributed by atoms with Crippen molar-refractivity contribution < 1.29 is 14.6 Å². The second kappa shape index (κ2) is 5.57. The van der Waals surface area contributed by atoms with Crippen LogP contribution in [0.3, 0.4) is 0 Å². The van der Waals surface area contributed by atoms with Crippen LogP contribution in [0.25, 0.3) is 0 Å². The molecule has 0 aromatic carbocycles. The molecule has 0 fully saturated rings. The summed E-state index contributed by atoms with van der Waals surface area (Å²) < 4.78 is 5.08. The van der Waals surface area contributed by atoms with Crippen molar-refractivity contribution in [3.8, 4) is 0 Å². The van der Waals surface area contributed by atoms with Gasteiger partial charge in [-0.1, -0.05) is 6.58 Å². The highest BCUT2D eigenvalue weighted by Crippen LogP contribution is 2.09. The first-order valence-electron chi connectivity index (χ1n) is 5.60. The highest BCUT2D eigenvalue weighted by Gasteiger charge is 2.22. The Morgan fingerprint density at radius 2 is 2.28 bits per heavy atom. The maximum Gasteiger partial charge on any atom is 0.408 e. The number of rotatable bonds is 4. The summed E-state index contributed by atoms with van der Waals surface area (Å²) in [6.45, 7) is 8.58. The number of H-pyrrole nitrogens is 1. The topological polar surface area (TPSA) is 86.9 Å². The quantitative estimate of drug-likeness (QED) is 0.801. The number of nitrogens with zero attached hydrogens (tertiary/aromatic N) is 1. The zero-order valence-electron chi connectivity index (χ0n) is 10.8. The minimum atomic E-state index is -0.722. The molecule has 1 radical (unpaired) electrons. The van der Waals surface area contributed by atoms with Gasteiger partial charge in [-0.2, -0.15) is 0 Å². The molecule has 6 heteroatoms. The molecule has 2 N–H and O–H groups in total. The minimum absolute atomic E-state index is 0.307. The summed E-state index contributed by atoms with van der Waals surface area (Å²) in [6.07, 6.45) is 2.77. The Kier molecular flexibility index (Phi) is 4.36. The molecule has 0 aliphatic heterocycles. The lowest BCUT2D eigenvalue weighted by Gasteiger charge is -2.22. The summed E-state index contributed by atoms with van der Waals surface area (Å²) in [4.78, 5) is 18.3. The molecule has 1 atom stereocenters. The molecular formula is C12H18N3O3. The standard InChI is InChI=1S/C12H18N3O3/c1-8(16)10(5-9-6-13-7-14-9)15-11(17)18-12(2,3)4/h6-7,10H,1,5H2,2-4H3,(H,13,14)(H,15,17)/t10-/m0/s1. The summed E-state index contributed by atoms with van der Waals surface area (Å²) in [7, 11) is 0. The number of carbonyl (C=O) groups is 1. The molecule has 99 valence electrons. The van der Waals surface area contributed by atoms with Crippen molar-refractivity contribution in [3.05, 3.63) is 30.6 Å². The molecule has 6 nitrogen and oxygen atoms in total. The first-order chi connectivity index (χ1) is 8.28. The first-order valence-corrected chi connectivity index (χ1v) is 5.60. The SMILES string of the molecule is C=C([O])[C@H](Cc1cnc[nH]1)NC(=O)OC(C)(C)C. The van der Waals surface area contributed by atoms with Crippen LogP contribution in [0.2, 0.25) is 0 Å². The van der Waals surface area contributed by atoms with Crippen molar-refractivity contribution in [2.75, 3.05) is 0 Å².